The van der Waals surface area contributed by atoms with E-state index in [4.69, 9.17) is 10.00 Å². The fourth-order valence-electron chi connectivity index (χ4n) is 0.815. The van der Waals surface area contributed by atoms with Crippen LogP contribution in [-0.4, -0.2) is 16.4 Å². The lowest BCUT2D eigenvalue weighted by atomic mass is 10.3. The third-order valence-electron chi connectivity index (χ3n) is 1.38. The molecule has 0 aliphatic carbocycles. The van der Waals surface area contributed by atoms with E-state index in [9.17, 15) is 0 Å². The van der Waals surface area contributed by atoms with Crippen molar-refractivity contribution in [3.8, 4) is 11.8 Å². The monoisotopic (exact) mass is 165 g/mol. The lowest BCUT2D eigenvalue weighted by Crippen LogP contribution is -1.95. The van der Waals surface area contributed by atoms with Gasteiger partial charge >= 0.3 is 0 Å². The number of nitrogens with zero attached hydrogens (tertiary/aromatic N) is 3. The Labute approximate surface area is 71.4 Å². The molecule has 0 aliphatic heterocycles. The first-order valence-corrected chi connectivity index (χ1v) is 3.81. The topological polar surface area (TPSA) is 50.8 Å². The van der Waals surface area contributed by atoms with E-state index in [1.165, 1.54) is 0 Å². The van der Waals surface area contributed by atoms with E-state index in [-0.39, 0.29) is 0 Å². The third-order valence-corrected chi connectivity index (χ3v) is 1.38. The predicted molar refractivity (Wildman–Crippen MR) is 43.6 cm³/mol. The van der Waals surface area contributed by atoms with Gasteiger partial charge in [0.15, 0.2) is 5.75 Å². The first-order chi connectivity index (χ1) is 5.83. The fourth-order valence-corrected chi connectivity index (χ4v) is 0.815. The van der Waals surface area contributed by atoms with E-state index in [0.717, 1.165) is 12.2 Å². The van der Waals surface area contributed by atoms with Gasteiger partial charge in [0, 0.05) is 13.5 Å². The third kappa shape index (κ3) is 2.62. The summed E-state index contributed by atoms with van der Waals surface area (Å²) in [4.78, 5) is 0. The standard InChI is InChI=1S/C8H11N3O/c1-11-7-8(6-10-11)12-5-3-2-4-9/h6-7H,2-3,5H2,1H3. The molecule has 4 heteroatoms. The Bertz CT molecular complexity index is 274. The first-order valence-electron chi connectivity index (χ1n) is 3.81. The van der Waals surface area contributed by atoms with Crippen molar-refractivity contribution in [2.75, 3.05) is 6.61 Å². The number of unbranched alkanes of at least 4 members (excludes halogenated alkanes) is 1. The Kier molecular flexibility index (Phi) is 3.15. The minimum atomic E-state index is 0.542. The zero-order valence-corrected chi connectivity index (χ0v) is 7.03. The molecule has 1 rings (SSSR count). The Hall–Kier alpha value is -1.50. The molecule has 0 fully saturated rings. The number of rotatable bonds is 4. The molecule has 0 aromatic carbocycles. The molecular formula is C8H11N3O. The van der Waals surface area contributed by atoms with E-state index in [0.29, 0.717) is 13.0 Å². The highest BCUT2D eigenvalue weighted by Gasteiger charge is 1.94. The molecule has 0 saturated heterocycles. The second kappa shape index (κ2) is 4.39. The number of aryl methyl sites for hydroxylation is 1. The van der Waals surface area contributed by atoms with Crippen LogP contribution in [0.4, 0.5) is 0 Å². The molecule has 0 radical (unpaired) electrons. The van der Waals surface area contributed by atoms with Crippen LogP contribution in [0.2, 0.25) is 0 Å². The number of aromatic nitrogens is 2. The molecule has 0 aliphatic rings. The molecule has 0 bridgehead atoms. The molecular weight excluding hydrogens is 154 g/mol. The van der Waals surface area contributed by atoms with Crippen LogP contribution >= 0.6 is 0 Å². The molecule has 12 heavy (non-hydrogen) atoms. The highest BCUT2D eigenvalue weighted by Crippen LogP contribution is 2.07. The van der Waals surface area contributed by atoms with Gasteiger partial charge in [-0.15, -0.1) is 0 Å². The van der Waals surface area contributed by atoms with Crippen LogP contribution in [-0.2, 0) is 7.05 Å². The number of nitriles is 1. The summed E-state index contributed by atoms with van der Waals surface area (Å²) in [5.74, 6) is 0.760. The number of hydrogen-bond donors (Lipinski definition) is 0. The van der Waals surface area contributed by atoms with E-state index in [1.807, 2.05) is 7.05 Å². The summed E-state index contributed by atoms with van der Waals surface area (Å²) in [6.07, 6.45) is 4.77. The minimum absolute atomic E-state index is 0.542. The summed E-state index contributed by atoms with van der Waals surface area (Å²) in [6.45, 7) is 0.583. The van der Waals surface area contributed by atoms with Crippen LogP contribution in [0.1, 0.15) is 12.8 Å². The summed E-state index contributed by atoms with van der Waals surface area (Å²) < 4.78 is 6.97. The Morgan fingerprint density at radius 2 is 2.58 bits per heavy atom. The zero-order chi connectivity index (χ0) is 8.81. The molecule has 64 valence electrons. The maximum atomic E-state index is 8.25. The lowest BCUT2D eigenvalue weighted by molar-refractivity contribution is 0.312. The predicted octanol–water partition coefficient (Wildman–Crippen LogP) is 1.10. The van der Waals surface area contributed by atoms with E-state index < -0.39 is 0 Å². The van der Waals surface area contributed by atoms with Gasteiger partial charge in [0.1, 0.15) is 0 Å². The van der Waals surface area contributed by atoms with Crippen molar-refractivity contribution in [3.05, 3.63) is 12.4 Å². The Morgan fingerprint density at radius 3 is 3.17 bits per heavy atom. The van der Waals surface area contributed by atoms with Crippen LogP contribution in [0, 0.1) is 11.3 Å². The van der Waals surface area contributed by atoms with E-state index in [2.05, 4.69) is 11.2 Å². The van der Waals surface area contributed by atoms with Crippen LogP contribution in [0.5, 0.6) is 5.75 Å². The summed E-state index contributed by atoms with van der Waals surface area (Å²) in [7, 11) is 1.84. The first kappa shape index (κ1) is 8.60. The summed E-state index contributed by atoms with van der Waals surface area (Å²) >= 11 is 0. The van der Waals surface area contributed by atoms with Gasteiger partial charge in [-0.1, -0.05) is 0 Å². The van der Waals surface area contributed by atoms with Crippen LogP contribution < -0.4 is 4.74 Å². The van der Waals surface area contributed by atoms with Crippen LogP contribution in [0.3, 0.4) is 0 Å². The van der Waals surface area contributed by atoms with Gasteiger partial charge in [-0.3, -0.25) is 4.68 Å². The second-order valence-corrected chi connectivity index (χ2v) is 2.46. The quantitative estimate of drug-likeness (QED) is 0.628. The largest absolute Gasteiger partial charge is 0.490 e. The van der Waals surface area contributed by atoms with Crippen LogP contribution in [0.15, 0.2) is 12.4 Å². The van der Waals surface area contributed by atoms with Crippen molar-refractivity contribution in [1.82, 2.24) is 9.78 Å². The zero-order valence-electron chi connectivity index (χ0n) is 7.03. The molecule has 1 heterocycles. The number of hydrogen-bond acceptors (Lipinski definition) is 3. The van der Waals surface area contributed by atoms with Gasteiger partial charge in [-0.05, 0) is 6.42 Å². The molecule has 0 unspecified atom stereocenters. The second-order valence-electron chi connectivity index (χ2n) is 2.46. The molecule has 0 spiro atoms. The van der Waals surface area contributed by atoms with Crippen molar-refractivity contribution < 1.29 is 4.74 Å². The molecule has 0 atom stereocenters. The highest BCUT2D eigenvalue weighted by molar-refractivity contribution is 5.11. The average molecular weight is 165 g/mol. The number of ether oxygens (including phenoxy) is 1. The van der Waals surface area contributed by atoms with Crippen molar-refractivity contribution in [1.29, 1.82) is 5.26 Å². The Balaban J connectivity index is 2.21. The van der Waals surface area contributed by atoms with E-state index in [1.54, 1.807) is 17.1 Å². The summed E-state index contributed by atoms with van der Waals surface area (Å²) in [5, 5.41) is 12.2. The van der Waals surface area contributed by atoms with Gasteiger partial charge < -0.3 is 4.74 Å². The van der Waals surface area contributed by atoms with Gasteiger partial charge in [0.2, 0.25) is 0 Å². The summed E-state index contributed by atoms with van der Waals surface area (Å²) in [5.41, 5.74) is 0. The normalized spacial score (nSPS) is 9.33. The van der Waals surface area contributed by atoms with Gasteiger partial charge in [-0.25, -0.2) is 0 Å². The smallest absolute Gasteiger partial charge is 0.157 e. The van der Waals surface area contributed by atoms with Gasteiger partial charge in [0.25, 0.3) is 0 Å². The van der Waals surface area contributed by atoms with E-state index >= 15 is 0 Å². The maximum absolute atomic E-state index is 8.25. The van der Waals surface area contributed by atoms with Gasteiger partial charge in [-0.2, -0.15) is 10.4 Å². The maximum Gasteiger partial charge on any atom is 0.157 e. The molecule has 1 aromatic heterocycles. The summed E-state index contributed by atoms with van der Waals surface area (Å²) in [6, 6.07) is 2.06. The molecule has 0 N–H and O–H groups in total. The minimum Gasteiger partial charge on any atom is -0.490 e. The Morgan fingerprint density at radius 1 is 1.75 bits per heavy atom. The molecule has 0 saturated carbocycles. The molecule has 1 aromatic rings. The van der Waals surface area contributed by atoms with Gasteiger partial charge in [0.05, 0.1) is 25.1 Å². The van der Waals surface area contributed by atoms with Crippen molar-refractivity contribution in [3.63, 3.8) is 0 Å². The van der Waals surface area contributed by atoms with Crippen LogP contribution in [0.25, 0.3) is 0 Å². The SMILES string of the molecule is Cn1cc(OCCCC#N)cn1. The average Bonchev–Trinajstić information content (AvgIpc) is 2.45. The fraction of sp³-hybridized carbons (Fsp3) is 0.500. The lowest BCUT2D eigenvalue weighted by Gasteiger charge is -1.98. The highest BCUT2D eigenvalue weighted by atomic mass is 16.5. The molecule has 4 nitrogen and oxygen atoms in total. The molecule has 0 amide bonds. The van der Waals surface area contributed by atoms with Crippen molar-refractivity contribution in [2.45, 2.75) is 12.8 Å². The van der Waals surface area contributed by atoms with Crippen molar-refractivity contribution in [2.24, 2.45) is 7.05 Å². The van der Waals surface area contributed by atoms with Crippen molar-refractivity contribution >= 4 is 0 Å².